The molecule has 0 radical (unpaired) electrons. The summed E-state index contributed by atoms with van der Waals surface area (Å²) in [6.07, 6.45) is 3.36. The van der Waals surface area contributed by atoms with Crippen molar-refractivity contribution < 1.29 is 4.79 Å². The standard InChI is InChI=1S/C18H18N4O/c1-12-8-9-15(10-19-12)18(23)21-13(2)17-20-11-16(22-17)14-6-4-3-5-7-14/h3-11,13H,1-2H3,(H,20,22)(H,21,23)/t13-/m0/s1. The van der Waals surface area contributed by atoms with Crippen LogP contribution in [0.1, 0.15) is 34.8 Å². The van der Waals surface area contributed by atoms with Gasteiger partial charge in [0.25, 0.3) is 5.91 Å². The van der Waals surface area contributed by atoms with Crippen LogP contribution in [-0.2, 0) is 0 Å². The molecule has 23 heavy (non-hydrogen) atoms. The minimum Gasteiger partial charge on any atom is -0.342 e. The summed E-state index contributed by atoms with van der Waals surface area (Å²) in [4.78, 5) is 24.0. The molecular weight excluding hydrogens is 288 g/mol. The van der Waals surface area contributed by atoms with E-state index in [4.69, 9.17) is 0 Å². The van der Waals surface area contributed by atoms with Crippen molar-refractivity contribution in [2.45, 2.75) is 19.9 Å². The van der Waals surface area contributed by atoms with E-state index in [-0.39, 0.29) is 11.9 Å². The van der Waals surface area contributed by atoms with Gasteiger partial charge in [0.2, 0.25) is 0 Å². The van der Waals surface area contributed by atoms with E-state index in [0.717, 1.165) is 22.8 Å². The fourth-order valence-corrected chi connectivity index (χ4v) is 2.27. The monoisotopic (exact) mass is 306 g/mol. The Hall–Kier alpha value is -2.95. The zero-order valence-corrected chi connectivity index (χ0v) is 13.1. The maximum Gasteiger partial charge on any atom is 0.253 e. The summed E-state index contributed by atoms with van der Waals surface area (Å²) in [7, 11) is 0. The Morgan fingerprint density at radius 2 is 1.87 bits per heavy atom. The third-order valence-corrected chi connectivity index (χ3v) is 3.61. The Morgan fingerprint density at radius 1 is 1.09 bits per heavy atom. The van der Waals surface area contributed by atoms with Crippen LogP contribution in [0, 0.1) is 6.92 Å². The quantitative estimate of drug-likeness (QED) is 0.777. The molecule has 0 spiro atoms. The number of carbonyl (C=O) groups is 1. The summed E-state index contributed by atoms with van der Waals surface area (Å²) in [6, 6.07) is 13.3. The number of aromatic amines is 1. The first-order chi connectivity index (χ1) is 11.1. The molecule has 0 aliphatic heterocycles. The van der Waals surface area contributed by atoms with E-state index in [9.17, 15) is 4.79 Å². The van der Waals surface area contributed by atoms with Gasteiger partial charge >= 0.3 is 0 Å². The molecule has 5 nitrogen and oxygen atoms in total. The van der Waals surface area contributed by atoms with E-state index in [1.54, 1.807) is 18.5 Å². The van der Waals surface area contributed by atoms with Gasteiger partial charge in [-0.1, -0.05) is 30.3 Å². The number of pyridine rings is 1. The minimum absolute atomic E-state index is 0.164. The number of carbonyl (C=O) groups excluding carboxylic acids is 1. The number of rotatable bonds is 4. The fraction of sp³-hybridized carbons (Fsp3) is 0.167. The van der Waals surface area contributed by atoms with E-state index in [0.29, 0.717) is 5.56 Å². The summed E-state index contributed by atoms with van der Waals surface area (Å²) in [5.74, 6) is 0.555. The first-order valence-electron chi connectivity index (χ1n) is 7.47. The van der Waals surface area contributed by atoms with Gasteiger partial charge in [-0.3, -0.25) is 9.78 Å². The second kappa shape index (κ2) is 6.44. The highest BCUT2D eigenvalue weighted by Gasteiger charge is 2.14. The number of aryl methyl sites for hydroxylation is 1. The molecule has 2 N–H and O–H groups in total. The SMILES string of the molecule is Cc1ccc(C(=O)N[C@@H](C)c2ncc(-c3ccccc3)[nH]2)cn1. The lowest BCUT2D eigenvalue weighted by atomic mass is 10.2. The second-order valence-electron chi connectivity index (χ2n) is 5.43. The van der Waals surface area contributed by atoms with Crippen molar-refractivity contribution in [3.63, 3.8) is 0 Å². The van der Waals surface area contributed by atoms with Crippen LogP contribution in [-0.4, -0.2) is 20.9 Å². The Balaban J connectivity index is 1.71. The van der Waals surface area contributed by atoms with Gasteiger partial charge in [-0.15, -0.1) is 0 Å². The van der Waals surface area contributed by atoms with Crippen LogP contribution >= 0.6 is 0 Å². The number of hydrogen-bond donors (Lipinski definition) is 2. The summed E-state index contributed by atoms with van der Waals surface area (Å²) >= 11 is 0. The average molecular weight is 306 g/mol. The van der Waals surface area contributed by atoms with Crippen molar-refractivity contribution in [3.8, 4) is 11.3 Å². The molecule has 0 aliphatic rings. The largest absolute Gasteiger partial charge is 0.342 e. The number of nitrogens with zero attached hydrogens (tertiary/aromatic N) is 2. The number of imidazole rings is 1. The normalized spacial score (nSPS) is 11.9. The highest BCUT2D eigenvalue weighted by Crippen LogP contribution is 2.18. The first kappa shape index (κ1) is 15.0. The molecule has 1 aromatic carbocycles. The lowest BCUT2D eigenvalue weighted by Crippen LogP contribution is -2.27. The van der Waals surface area contributed by atoms with Gasteiger partial charge < -0.3 is 10.3 Å². The Bertz CT molecular complexity index is 793. The molecule has 5 heteroatoms. The third kappa shape index (κ3) is 3.45. The maximum absolute atomic E-state index is 12.2. The van der Waals surface area contributed by atoms with Crippen LogP contribution in [0.5, 0.6) is 0 Å². The molecule has 1 atom stereocenters. The predicted octanol–water partition coefficient (Wildman–Crippen LogP) is 3.27. The molecule has 0 saturated carbocycles. The number of benzene rings is 1. The zero-order chi connectivity index (χ0) is 16.2. The van der Waals surface area contributed by atoms with Gasteiger partial charge in [-0.25, -0.2) is 4.98 Å². The Morgan fingerprint density at radius 3 is 2.57 bits per heavy atom. The van der Waals surface area contributed by atoms with Gasteiger partial charge in [-0.2, -0.15) is 0 Å². The molecule has 1 amide bonds. The number of nitrogens with one attached hydrogen (secondary N) is 2. The van der Waals surface area contributed by atoms with E-state index < -0.39 is 0 Å². The third-order valence-electron chi connectivity index (χ3n) is 3.61. The zero-order valence-electron chi connectivity index (χ0n) is 13.1. The van der Waals surface area contributed by atoms with Crippen LogP contribution in [0.15, 0.2) is 54.9 Å². The second-order valence-corrected chi connectivity index (χ2v) is 5.43. The van der Waals surface area contributed by atoms with Crippen LogP contribution in [0.2, 0.25) is 0 Å². The summed E-state index contributed by atoms with van der Waals surface area (Å²) in [5, 5.41) is 2.92. The minimum atomic E-state index is -0.221. The van der Waals surface area contributed by atoms with Crippen LogP contribution < -0.4 is 5.32 Å². The fourth-order valence-electron chi connectivity index (χ4n) is 2.27. The Labute approximate surface area is 134 Å². The topological polar surface area (TPSA) is 70.7 Å². The first-order valence-corrected chi connectivity index (χ1v) is 7.47. The highest BCUT2D eigenvalue weighted by molar-refractivity contribution is 5.94. The predicted molar refractivity (Wildman–Crippen MR) is 88.9 cm³/mol. The molecule has 0 fully saturated rings. The number of H-pyrrole nitrogens is 1. The van der Waals surface area contributed by atoms with Crippen LogP contribution in [0.25, 0.3) is 11.3 Å². The van der Waals surface area contributed by atoms with Crippen molar-refractivity contribution in [2.24, 2.45) is 0 Å². The molecule has 2 heterocycles. The number of hydrogen-bond acceptors (Lipinski definition) is 3. The molecule has 116 valence electrons. The smallest absolute Gasteiger partial charge is 0.253 e. The van der Waals surface area contributed by atoms with Crippen molar-refractivity contribution in [1.29, 1.82) is 0 Å². The molecule has 3 aromatic rings. The summed E-state index contributed by atoms with van der Waals surface area (Å²) < 4.78 is 0. The average Bonchev–Trinajstić information content (AvgIpc) is 3.06. The van der Waals surface area contributed by atoms with E-state index in [1.165, 1.54) is 0 Å². The van der Waals surface area contributed by atoms with Crippen molar-refractivity contribution in [2.75, 3.05) is 0 Å². The number of aromatic nitrogens is 3. The van der Waals surface area contributed by atoms with Gasteiger partial charge in [0.1, 0.15) is 5.82 Å². The van der Waals surface area contributed by atoms with Crippen molar-refractivity contribution in [3.05, 3.63) is 71.9 Å². The lowest BCUT2D eigenvalue weighted by Gasteiger charge is -2.11. The molecule has 0 saturated heterocycles. The molecule has 0 bridgehead atoms. The van der Waals surface area contributed by atoms with Crippen LogP contribution in [0.3, 0.4) is 0 Å². The molecule has 2 aromatic heterocycles. The van der Waals surface area contributed by atoms with Gasteiger partial charge in [0.05, 0.1) is 23.5 Å². The van der Waals surface area contributed by atoms with Crippen LogP contribution in [0.4, 0.5) is 0 Å². The van der Waals surface area contributed by atoms with Crippen molar-refractivity contribution >= 4 is 5.91 Å². The molecular formula is C18H18N4O. The molecule has 0 unspecified atom stereocenters. The van der Waals surface area contributed by atoms with E-state index in [1.807, 2.05) is 50.2 Å². The van der Waals surface area contributed by atoms with Gasteiger partial charge in [-0.05, 0) is 31.5 Å². The molecule has 0 aliphatic carbocycles. The highest BCUT2D eigenvalue weighted by atomic mass is 16.1. The van der Waals surface area contributed by atoms with Gasteiger partial charge in [0.15, 0.2) is 0 Å². The lowest BCUT2D eigenvalue weighted by molar-refractivity contribution is 0.0938. The number of amides is 1. The maximum atomic E-state index is 12.2. The van der Waals surface area contributed by atoms with Crippen molar-refractivity contribution in [1.82, 2.24) is 20.3 Å². The molecule has 3 rings (SSSR count). The Kier molecular flexibility index (Phi) is 4.19. The van der Waals surface area contributed by atoms with E-state index in [2.05, 4.69) is 20.3 Å². The van der Waals surface area contributed by atoms with Gasteiger partial charge in [0, 0.05) is 11.9 Å². The summed E-state index contributed by atoms with van der Waals surface area (Å²) in [6.45, 7) is 3.78. The summed E-state index contributed by atoms with van der Waals surface area (Å²) in [5.41, 5.74) is 3.41. The van der Waals surface area contributed by atoms with E-state index >= 15 is 0 Å².